The molecule has 3 rings (SSSR count). The molecule has 0 unspecified atom stereocenters. The van der Waals surface area contributed by atoms with Crippen LogP contribution in [-0.4, -0.2) is 23.3 Å². The van der Waals surface area contributed by atoms with Crippen LogP contribution >= 0.6 is 11.3 Å². The molecular formula is C19H16FN3O2S. The molecule has 0 aliphatic carbocycles. The van der Waals surface area contributed by atoms with Crippen molar-refractivity contribution in [1.29, 1.82) is 0 Å². The summed E-state index contributed by atoms with van der Waals surface area (Å²) in [5.41, 5.74) is 2.05. The average Bonchev–Trinajstić information content (AvgIpc) is 3.11. The molecule has 0 bridgehead atoms. The molecule has 7 heteroatoms. The normalized spacial score (nSPS) is 10.3. The van der Waals surface area contributed by atoms with Crippen LogP contribution in [0.15, 0.2) is 60.0 Å². The zero-order chi connectivity index (χ0) is 18.4. The van der Waals surface area contributed by atoms with Gasteiger partial charge in [0.25, 0.3) is 0 Å². The summed E-state index contributed by atoms with van der Waals surface area (Å²) in [7, 11) is 0. The predicted octanol–water partition coefficient (Wildman–Crippen LogP) is 3.25. The summed E-state index contributed by atoms with van der Waals surface area (Å²) in [6.07, 6.45) is 0.482. The van der Waals surface area contributed by atoms with E-state index in [4.69, 9.17) is 0 Å². The molecule has 0 saturated heterocycles. The molecule has 1 aromatic heterocycles. The van der Waals surface area contributed by atoms with E-state index in [0.29, 0.717) is 22.7 Å². The number of amides is 2. The number of anilines is 1. The van der Waals surface area contributed by atoms with Crippen molar-refractivity contribution in [2.45, 2.75) is 6.42 Å². The number of nitrogens with one attached hydrogen (secondary N) is 2. The molecule has 0 saturated carbocycles. The lowest BCUT2D eigenvalue weighted by atomic mass is 10.2. The molecular weight excluding hydrogens is 353 g/mol. The first-order valence-corrected chi connectivity index (χ1v) is 8.84. The Kier molecular flexibility index (Phi) is 5.70. The monoisotopic (exact) mass is 369 g/mol. The summed E-state index contributed by atoms with van der Waals surface area (Å²) in [5, 5.41) is 7.66. The van der Waals surface area contributed by atoms with Crippen LogP contribution in [0.5, 0.6) is 0 Å². The van der Waals surface area contributed by atoms with Crippen LogP contribution < -0.4 is 10.6 Å². The first-order chi connectivity index (χ1) is 12.6. The minimum Gasteiger partial charge on any atom is -0.347 e. The molecule has 2 amide bonds. The molecule has 3 aromatic rings. The number of para-hydroxylation sites is 1. The zero-order valence-electron chi connectivity index (χ0n) is 13.7. The third-order valence-corrected chi connectivity index (χ3v) is 4.47. The maximum Gasteiger partial charge on any atom is 0.313 e. The van der Waals surface area contributed by atoms with Crippen molar-refractivity contribution in [3.8, 4) is 10.6 Å². The summed E-state index contributed by atoms with van der Waals surface area (Å²) in [5.74, 6) is -1.72. The standard InChI is InChI=1S/C19H16FN3O2S/c20-14-6-4-5-13(11-14)19-23-16(12-26-19)9-10-21-17(24)18(25)22-15-7-2-1-3-8-15/h1-8,11-12H,9-10H2,(H,21,24)(H,22,25). The first kappa shape index (κ1) is 17.8. The molecule has 1 heterocycles. The van der Waals surface area contributed by atoms with Crippen molar-refractivity contribution in [2.75, 3.05) is 11.9 Å². The lowest BCUT2D eigenvalue weighted by Crippen LogP contribution is -2.36. The Labute approximate surface area is 153 Å². The van der Waals surface area contributed by atoms with Crippen LogP contribution in [0.25, 0.3) is 10.6 Å². The van der Waals surface area contributed by atoms with E-state index in [2.05, 4.69) is 15.6 Å². The molecule has 0 radical (unpaired) electrons. The molecule has 132 valence electrons. The Morgan fingerprint density at radius 3 is 2.62 bits per heavy atom. The molecule has 0 fully saturated rings. The van der Waals surface area contributed by atoms with Gasteiger partial charge >= 0.3 is 11.8 Å². The second-order valence-corrected chi connectivity index (χ2v) is 6.34. The van der Waals surface area contributed by atoms with Crippen molar-refractivity contribution in [3.63, 3.8) is 0 Å². The van der Waals surface area contributed by atoms with Crippen molar-refractivity contribution < 1.29 is 14.0 Å². The van der Waals surface area contributed by atoms with Gasteiger partial charge in [-0.3, -0.25) is 9.59 Å². The Morgan fingerprint density at radius 2 is 1.85 bits per heavy atom. The molecule has 2 aromatic carbocycles. The summed E-state index contributed by atoms with van der Waals surface area (Å²) >= 11 is 1.41. The first-order valence-electron chi connectivity index (χ1n) is 7.96. The third-order valence-electron chi connectivity index (χ3n) is 3.53. The number of nitrogens with zero attached hydrogens (tertiary/aromatic N) is 1. The fraction of sp³-hybridized carbons (Fsp3) is 0.105. The maximum absolute atomic E-state index is 13.3. The van der Waals surface area contributed by atoms with Crippen LogP contribution in [0.4, 0.5) is 10.1 Å². The highest BCUT2D eigenvalue weighted by Gasteiger charge is 2.13. The van der Waals surface area contributed by atoms with Gasteiger partial charge in [-0.2, -0.15) is 0 Å². The van der Waals surface area contributed by atoms with Gasteiger partial charge < -0.3 is 10.6 Å². The second kappa shape index (κ2) is 8.35. The van der Waals surface area contributed by atoms with Gasteiger partial charge in [0.2, 0.25) is 0 Å². The summed E-state index contributed by atoms with van der Waals surface area (Å²) in [4.78, 5) is 28.1. The lowest BCUT2D eigenvalue weighted by molar-refractivity contribution is -0.136. The number of carbonyl (C=O) groups is 2. The summed E-state index contributed by atoms with van der Waals surface area (Å²) in [6.45, 7) is 0.285. The van der Waals surface area contributed by atoms with Crippen LogP contribution in [0.3, 0.4) is 0 Å². The summed E-state index contributed by atoms with van der Waals surface area (Å²) in [6, 6.07) is 15.0. The van der Waals surface area contributed by atoms with E-state index in [0.717, 1.165) is 5.69 Å². The molecule has 0 atom stereocenters. The number of halogens is 1. The Balaban J connectivity index is 1.49. The Hall–Kier alpha value is -3.06. The van der Waals surface area contributed by atoms with Gasteiger partial charge in [0, 0.05) is 29.6 Å². The van der Waals surface area contributed by atoms with E-state index in [-0.39, 0.29) is 12.4 Å². The number of aromatic nitrogens is 1. The topological polar surface area (TPSA) is 71.1 Å². The fourth-order valence-corrected chi connectivity index (χ4v) is 3.12. The number of benzene rings is 2. The molecule has 0 spiro atoms. The Bertz CT molecular complexity index is 912. The molecule has 0 aliphatic rings. The average molecular weight is 369 g/mol. The molecule has 0 aliphatic heterocycles. The van der Waals surface area contributed by atoms with E-state index >= 15 is 0 Å². The molecule has 26 heavy (non-hydrogen) atoms. The lowest BCUT2D eigenvalue weighted by Gasteiger charge is -2.05. The van der Waals surface area contributed by atoms with E-state index < -0.39 is 11.8 Å². The zero-order valence-corrected chi connectivity index (χ0v) is 14.6. The molecule has 2 N–H and O–H groups in total. The van der Waals surface area contributed by atoms with Gasteiger partial charge in [-0.25, -0.2) is 9.37 Å². The van der Waals surface area contributed by atoms with Crippen molar-refractivity contribution in [1.82, 2.24) is 10.3 Å². The van der Waals surface area contributed by atoms with Gasteiger partial charge in [0.05, 0.1) is 5.69 Å². The highest BCUT2D eigenvalue weighted by atomic mass is 32.1. The molecule has 5 nitrogen and oxygen atoms in total. The number of hydrogen-bond acceptors (Lipinski definition) is 4. The van der Waals surface area contributed by atoms with Gasteiger partial charge in [-0.15, -0.1) is 11.3 Å². The predicted molar refractivity (Wildman–Crippen MR) is 99.3 cm³/mol. The van der Waals surface area contributed by atoms with Crippen molar-refractivity contribution in [3.05, 3.63) is 71.5 Å². The van der Waals surface area contributed by atoms with E-state index in [1.54, 1.807) is 36.4 Å². The van der Waals surface area contributed by atoms with Crippen LogP contribution in [0, 0.1) is 5.82 Å². The number of carbonyl (C=O) groups excluding carboxylic acids is 2. The third kappa shape index (κ3) is 4.73. The van der Waals surface area contributed by atoms with Crippen molar-refractivity contribution in [2.24, 2.45) is 0 Å². The van der Waals surface area contributed by atoms with Crippen LogP contribution in [0.2, 0.25) is 0 Å². The second-order valence-electron chi connectivity index (χ2n) is 5.48. The van der Waals surface area contributed by atoms with Crippen molar-refractivity contribution >= 4 is 28.8 Å². The number of rotatable bonds is 5. The number of hydrogen-bond donors (Lipinski definition) is 2. The van der Waals surface area contributed by atoms with E-state index in [9.17, 15) is 14.0 Å². The quantitative estimate of drug-likeness (QED) is 0.678. The number of thiazole rings is 1. The smallest absolute Gasteiger partial charge is 0.313 e. The summed E-state index contributed by atoms with van der Waals surface area (Å²) < 4.78 is 13.3. The fourth-order valence-electron chi connectivity index (χ4n) is 2.27. The highest BCUT2D eigenvalue weighted by molar-refractivity contribution is 7.13. The van der Waals surface area contributed by atoms with Crippen LogP contribution in [0.1, 0.15) is 5.69 Å². The SMILES string of the molecule is O=C(NCCc1csc(-c2cccc(F)c2)n1)C(=O)Nc1ccccc1. The minimum atomic E-state index is -0.713. The highest BCUT2D eigenvalue weighted by Crippen LogP contribution is 2.24. The van der Waals surface area contributed by atoms with Gasteiger partial charge in [-0.1, -0.05) is 30.3 Å². The Morgan fingerprint density at radius 1 is 1.04 bits per heavy atom. The van der Waals surface area contributed by atoms with Gasteiger partial charge in [0.1, 0.15) is 10.8 Å². The van der Waals surface area contributed by atoms with Gasteiger partial charge in [0.15, 0.2) is 0 Å². The minimum absolute atomic E-state index is 0.285. The largest absolute Gasteiger partial charge is 0.347 e. The maximum atomic E-state index is 13.3. The van der Waals surface area contributed by atoms with Crippen LogP contribution in [-0.2, 0) is 16.0 Å². The van der Waals surface area contributed by atoms with E-state index in [1.807, 2.05) is 11.4 Å². The van der Waals surface area contributed by atoms with E-state index in [1.165, 1.54) is 23.5 Å². The van der Waals surface area contributed by atoms with Gasteiger partial charge in [-0.05, 0) is 24.3 Å².